The molecule has 8 nitrogen and oxygen atoms in total. The summed E-state index contributed by atoms with van der Waals surface area (Å²) in [7, 11) is -3.64. The number of tetrazole rings is 1. The summed E-state index contributed by atoms with van der Waals surface area (Å²) in [4.78, 5) is 13.8. The minimum Gasteiger partial charge on any atom is -0.342 e. The van der Waals surface area contributed by atoms with E-state index in [0.717, 1.165) is 19.3 Å². The maximum atomic E-state index is 12.4. The van der Waals surface area contributed by atoms with Crippen molar-refractivity contribution in [1.82, 2.24) is 25.1 Å². The Kier molecular flexibility index (Phi) is 4.89. The Hall–Kier alpha value is -2.29. The lowest BCUT2D eigenvalue weighted by molar-refractivity contribution is -0.129. The molecule has 1 aromatic heterocycles. The van der Waals surface area contributed by atoms with Gasteiger partial charge in [-0.25, -0.2) is 8.42 Å². The molecule has 2 aromatic rings. The molecular weight excluding hydrogens is 330 g/mol. The molecule has 0 radical (unpaired) electrons. The van der Waals surface area contributed by atoms with Crippen LogP contribution >= 0.6 is 0 Å². The monoisotopic (exact) mass is 349 g/mol. The van der Waals surface area contributed by atoms with Crippen molar-refractivity contribution in [3.8, 4) is 5.69 Å². The molecule has 1 fully saturated rings. The van der Waals surface area contributed by atoms with E-state index in [1.54, 1.807) is 17.0 Å². The highest BCUT2D eigenvalue weighted by molar-refractivity contribution is 7.91. The summed E-state index contributed by atoms with van der Waals surface area (Å²) in [5.41, 5.74) is 0.676. The summed E-state index contributed by atoms with van der Waals surface area (Å²) in [5, 5.41) is 11.2. The van der Waals surface area contributed by atoms with E-state index < -0.39 is 15.6 Å². The Labute approximate surface area is 140 Å². The van der Waals surface area contributed by atoms with Gasteiger partial charge in [-0.05, 0) is 41.8 Å². The molecule has 3 rings (SSSR count). The highest BCUT2D eigenvalue weighted by Crippen LogP contribution is 2.13. The van der Waals surface area contributed by atoms with Crippen molar-refractivity contribution in [2.75, 3.05) is 18.8 Å². The van der Waals surface area contributed by atoms with Gasteiger partial charge in [-0.15, -0.1) is 5.10 Å². The number of sulfone groups is 1. The van der Waals surface area contributed by atoms with Crippen molar-refractivity contribution in [1.29, 1.82) is 0 Å². The van der Waals surface area contributed by atoms with E-state index in [-0.39, 0.29) is 17.5 Å². The number of aromatic nitrogens is 4. The third-order valence-electron chi connectivity index (χ3n) is 3.94. The number of para-hydroxylation sites is 1. The summed E-state index contributed by atoms with van der Waals surface area (Å²) < 4.78 is 26.1. The van der Waals surface area contributed by atoms with E-state index >= 15 is 0 Å². The van der Waals surface area contributed by atoms with E-state index in [2.05, 4.69) is 15.5 Å². The number of hydrogen-bond acceptors (Lipinski definition) is 6. The maximum absolute atomic E-state index is 12.4. The number of likely N-dealkylation sites (tertiary alicyclic amines) is 1. The third kappa shape index (κ3) is 3.97. The number of rotatable bonds is 5. The van der Waals surface area contributed by atoms with Crippen LogP contribution < -0.4 is 0 Å². The van der Waals surface area contributed by atoms with Gasteiger partial charge in [0, 0.05) is 13.1 Å². The van der Waals surface area contributed by atoms with Gasteiger partial charge in [0.1, 0.15) is 11.5 Å². The number of piperidine rings is 1. The fraction of sp³-hybridized carbons (Fsp3) is 0.467. The number of benzene rings is 1. The average Bonchev–Trinajstić information content (AvgIpc) is 3.03. The van der Waals surface area contributed by atoms with Gasteiger partial charge in [0.2, 0.25) is 5.91 Å². The molecule has 1 amide bonds. The Bertz CT molecular complexity index is 798. The van der Waals surface area contributed by atoms with Crippen LogP contribution in [-0.4, -0.2) is 58.3 Å². The van der Waals surface area contributed by atoms with Crippen LogP contribution in [0.3, 0.4) is 0 Å². The third-order valence-corrected chi connectivity index (χ3v) is 5.32. The van der Waals surface area contributed by atoms with Gasteiger partial charge >= 0.3 is 0 Å². The first-order chi connectivity index (χ1) is 11.6. The summed E-state index contributed by atoms with van der Waals surface area (Å²) in [6, 6.07) is 9.04. The average molecular weight is 349 g/mol. The lowest BCUT2D eigenvalue weighted by Gasteiger charge is -2.26. The minimum atomic E-state index is -3.64. The molecule has 1 aliphatic rings. The summed E-state index contributed by atoms with van der Waals surface area (Å²) in [6.07, 6.45) is 2.94. The number of nitrogens with zero attached hydrogens (tertiary/aromatic N) is 5. The van der Waals surface area contributed by atoms with Crippen molar-refractivity contribution in [2.24, 2.45) is 0 Å². The van der Waals surface area contributed by atoms with E-state index in [9.17, 15) is 13.2 Å². The Balaban J connectivity index is 1.71. The lowest BCUT2D eigenvalue weighted by Crippen LogP contribution is -2.39. The van der Waals surface area contributed by atoms with Crippen LogP contribution in [0, 0.1) is 0 Å². The van der Waals surface area contributed by atoms with Crippen LogP contribution in [0.5, 0.6) is 0 Å². The van der Waals surface area contributed by atoms with E-state index in [1.165, 1.54) is 4.68 Å². The molecule has 9 heteroatoms. The normalized spacial score (nSPS) is 15.4. The molecule has 2 heterocycles. The first-order valence-electron chi connectivity index (χ1n) is 7.86. The zero-order valence-electron chi connectivity index (χ0n) is 13.2. The van der Waals surface area contributed by atoms with Gasteiger partial charge in [-0.1, -0.05) is 18.2 Å². The second-order valence-corrected chi connectivity index (χ2v) is 7.88. The lowest BCUT2D eigenvalue weighted by atomic mass is 10.1. The van der Waals surface area contributed by atoms with E-state index in [1.807, 2.05) is 18.2 Å². The molecule has 0 spiro atoms. The largest absolute Gasteiger partial charge is 0.342 e. The summed E-state index contributed by atoms with van der Waals surface area (Å²) in [6.45, 7) is 1.27. The fourth-order valence-corrected chi connectivity index (χ4v) is 3.97. The van der Waals surface area contributed by atoms with Gasteiger partial charge < -0.3 is 4.90 Å². The molecule has 1 saturated heterocycles. The Morgan fingerprint density at radius 2 is 1.79 bits per heavy atom. The van der Waals surface area contributed by atoms with Gasteiger partial charge in [0.05, 0.1) is 5.69 Å². The van der Waals surface area contributed by atoms with Crippen molar-refractivity contribution >= 4 is 15.7 Å². The molecule has 128 valence electrons. The molecule has 0 unspecified atom stereocenters. The van der Waals surface area contributed by atoms with Gasteiger partial charge in [-0.3, -0.25) is 4.79 Å². The molecule has 0 saturated carbocycles. The molecule has 0 bridgehead atoms. The Morgan fingerprint density at radius 3 is 2.50 bits per heavy atom. The highest BCUT2D eigenvalue weighted by atomic mass is 32.2. The molecule has 1 aromatic carbocycles. The van der Waals surface area contributed by atoms with Crippen molar-refractivity contribution in [2.45, 2.75) is 25.0 Å². The maximum Gasteiger partial charge on any atom is 0.237 e. The molecular formula is C15H19N5O3S. The first-order valence-corrected chi connectivity index (χ1v) is 9.68. The number of hydrogen-bond donors (Lipinski definition) is 0. The van der Waals surface area contributed by atoms with Crippen molar-refractivity contribution in [3.63, 3.8) is 0 Å². The molecule has 0 atom stereocenters. The summed E-state index contributed by atoms with van der Waals surface area (Å²) >= 11 is 0. The predicted octanol–water partition coefficient (Wildman–Crippen LogP) is 0.590. The van der Waals surface area contributed by atoms with E-state index in [0.29, 0.717) is 18.8 Å². The van der Waals surface area contributed by atoms with Crippen LogP contribution in [0.2, 0.25) is 0 Å². The fourth-order valence-electron chi connectivity index (χ4n) is 2.74. The van der Waals surface area contributed by atoms with Crippen LogP contribution in [0.1, 0.15) is 25.1 Å². The second-order valence-electron chi connectivity index (χ2n) is 5.82. The SMILES string of the molecule is O=C(CS(=O)(=O)Cc1nnnn1-c1ccccc1)N1CCCCC1. The molecule has 0 N–H and O–H groups in total. The van der Waals surface area contributed by atoms with Gasteiger partial charge in [-0.2, -0.15) is 4.68 Å². The van der Waals surface area contributed by atoms with Crippen molar-refractivity contribution in [3.05, 3.63) is 36.2 Å². The Morgan fingerprint density at radius 1 is 1.08 bits per heavy atom. The number of carbonyl (C=O) groups excluding carboxylic acids is 1. The first kappa shape index (κ1) is 16.6. The standard InChI is InChI=1S/C15H19N5O3S/c21-15(19-9-5-2-6-10-19)12-24(22,23)11-14-16-17-18-20(14)13-7-3-1-4-8-13/h1,3-4,7-8H,2,5-6,9-12H2. The number of carbonyl (C=O) groups is 1. The smallest absolute Gasteiger partial charge is 0.237 e. The van der Waals surface area contributed by atoms with Crippen LogP contribution in [0.25, 0.3) is 5.69 Å². The highest BCUT2D eigenvalue weighted by Gasteiger charge is 2.25. The number of amides is 1. The van der Waals surface area contributed by atoms with Gasteiger partial charge in [0.25, 0.3) is 0 Å². The van der Waals surface area contributed by atoms with Crippen LogP contribution in [0.4, 0.5) is 0 Å². The van der Waals surface area contributed by atoms with Crippen molar-refractivity contribution < 1.29 is 13.2 Å². The van der Waals surface area contributed by atoms with E-state index in [4.69, 9.17) is 0 Å². The predicted molar refractivity (Wildman–Crippen MR) is 87.1 cm³/mol. The second kappa shape index (κ2) is 7.08. The molecule has 0 aliphatic carbocycles. The quantitative estimate of drug-likeness (QED) is 0.783. The van der Waals surface area contributed by atoms with Crippen LogP contribution in [0.15, 0.2) is 30.3 Å². The molecule has 24 heavy (non-hydrogen) atoms. The minimum absolute atomic E-state index is 0.202. The summed E-state index contributed by atoms with van der Waals surface area (Å²) in [5.74, 6) is -1.01. The van der Waals surface area contributed by atoms with Crippen LogP contribution in [-0.2, 0) is 20.4 Å². The molecule has 1 aliphatic heterocycles. The zero-order chi connectivity index (χ0) is 17.0. The zero-order valence-corrected chi connectivity index (χ0v) is 14.0. The van der Waals surface area contributed by atoms with Gasteiger partial charge in [0.15, 0.2) is 15.7 Å². The topological polar surface area (TPSA) is 98.0 Å².